The normalized spacial score (nSPS) is 12.5. The fourth-order valence-corrected chi connectivity index (χ4v) is 1.11. The highest BCUT2D eigenvalue weighted by Gasteiger charge is 2.02. The summed E-state index contributed by atoms with van der Waals surface area (Å²) in [7, 11) is 0. The number of aliphatic hydroxyl groups excluding tert-OH is 1. The van der Waals surface area contributed by atoms with Gasteiger partial charge in [0.15, 0.2) is 0 Å². The maximum absolute atomic E-state index is 11.2. The molecule has 5 nitrogen and oxygen atoms in total. The summed E-state index contributed by atoms with van der Waals surface area (Å²) in [6.07, 6.45) is 0.695. The molecule has 0 aliphatic carbocycles. The maximum atomic E-state index is 11.2. The van der Waals surface area contributed by atoms with Gasteiger partial charge in [-0.25, -0.2) is 4.98 Å². The van der Waals surface area contributed by atoms with Crippen molar-refractivity contribution in [3.8, 4) is 0 Å². The van der Waals surface area contributed by atoms with E-state index < -0.39 is 0 Å². The van der Waals surface area contributed by atoms with E-state index in [1.807, 2.05) is 13.8 Å². The van der Waals surface area contributed by atoms with Crippen molar-refractivity contribution in [3.05, 3.63) is 22.2 Å². The predicted molar refractivity (Wildman–Crippen MR) is 59.0 cm³/mol. The summed E-state index contributed by atoms with van der Waals surface area (Å²) >= 11 is 0. The summed E-state index contributed by atoms with van der Waals surface area (Å²) in [6, 6.07) is 1.42. The van der Waals surface area contributed by atoms with Crippen LogP contribution in [0.2, 0.25) is 0 Å². The zero-order valence-corrected chi connectivity index (χ0v) is 9.08. The minimum atomic E-state index is -0.152. The van der Waals surface area contributed by atoms with E-state index in [1.165, 1.54) is 6.07 Å². The number of H-pyrrole nitrogens is 1. The minimum Gasteiger partial charge on any atom is -0.396 e. The largest absolute Gasteiger partial charge is 0.396 e. The van der Waals surface area contributed by atoms with Crippen LogP contribution >= 0.6 is 0 Å². The van der Waals surface area contributed by atoms with Crippen LogP contribution < -0.4 is 10.9 Å². The maximum Gasteiger partial charge on any atom is 0.252 e. The van der Waals surface area contributed by atoms with Crippen molar-refractivity contribution in [1.82, 2.24) is 9.97 Å². The lowest BCUT2D eigenvalue weighted by molar-refractivity contribution is 0.244. The molecule has 0 bridgehead atoms. The Hall–Kier alpha value is -1.36. The molecule has 3 N–H and O–H groups in total. The Kier molecular flexibility index (Phi) is 4.30. The van der Waals surface area contributed by atoms with Crippen LogP contribution in [-0.2, 0) is 6.42 Å². The molecule has 0 saturated carbocycles. The Morgan fingerprint density at radius 1 is 1.67 bits per heavy atom. The van der Waals surface area contributed by atoms with Crippen LogP contribution in [0.15, 0.2) is 10.9 Å². The molecule has 15 heavy (non-hydrogen) atoms. The summed E-state index contributed by atoms with van der Waals surface area (Å²) in [5.74, 6) is 1.38. The lowest BCUT2D eigenvalue weighted by Crippen LogP contribution is -2.18. The van der Waals surface area contributed by atoms with E-state index in [-0.39, 0.29) is 18.1 Å². The van der Waals surface area contributed by atoms with Crippen molar-refractivity contribution >= 4 is 5.82 Å². The molecule has 1 unspecified atom stereocenters. The van der Waals surface area contributed by atoms with Gasteiger partial charge in [-0.2, -0.15) is 0 Å². The topological polar surface area (TPSA) is 78.0 Å². The number of aliphatic hydroxyl groups is 1. The Labute approximate surface area is 88.6 Å². The average Bonchev–Trinajstić information content (AvgIpc) is 2.25. The third kappa shape index (κ3) is 3.71. The highest BCUT2D eigenvalue weighted by molar-refractivity contribution is 5.32. The Morgan fingerprint density at radius 2 is 2.40 bits per heavy atom. The van der Waals surface area contributed by atoms with E-state index in [0.29, 0.717) is 24.6 Å². The molecule has 5 heteroatoms. The van der Waals surface area contributed by atoms with Crippen LogP contribution in [0.5, 0.6) is 0 Å². The molecule has 0 aliphatic rings. The first kappa shape index (κ1) is 11.7. The van der Waals surface area contributed by atoms with Crippen LogP contribution in [0.3, 0.4) is 0 Å². The fourth-order valence-electron chi connectivity index (χ4n) is 1.11. The van der Waals surface area contributed by atoms with Gasteiger partial charge in [0.25, 0.3) is 5.56 Å². The summed E-state index contributed by atoms with van der Waals surface area (Å²) in [4.78, 5) is 18.1. The van der Waals surface area contributed by atoms with Crippen LogP contribution in [0.4, 0.5) is 5.82 Å². The van der Waals surface area contributed by atoms with Gasteiger partial charge >= 0.3 is 0 Å². The predicted octanol–water partition coefficient (Wildman–Crippen LogP) is 0.373. The van der Waals surface area contributed by atoms with E-state index in [0.717, 1.165) is 0 Å². The van der Waals surface area contributed by atoms with E-state index >= 15 is 0 Å². The second-order valence-corrected chi connectivity index (χ2v) is 3.60. The molecular weight excluding hydrogens is 194 g/mol. The van der Waals surface area contributed by atoms with E-state index in [2.05, 4.69) is 15.3 Å². The molecule has 0 aromatic carbocycles. The van der Waals surface area contributed by atoms with Gasteiger partial charge in [0.05, 0.1) is 0 Å². The number of nitrogens with one attached hydrogen (secondary N) is 2. The van der Waals surface area contributed by atoms with Gasteiger partial charge < -0.3 is 15.4 Å². The molecule has 1 atom stereocenters. The zero-order valence-electron chi connectivity index (χ0n) is 9.08. The molecule has 1 aromatic heterocycles. The van der Waals surface area contributed by atoms with Crippen molar-refractivity contribution in [2.24, 2.45) is 5.92 Å². The molecule has 1 heterocycles. The van der Waals surface area contributed by atoms with Gasteiger partial charge in [-0.3, -0.25) is 4.79 Å². The van der Waals surface area contributed by atoms with Crippen LogP contribution in [-0.4, -0.2) is 28.2 Å². The van der Waals surface area contributed by atoms with Crippen molar-refractivity contribution < 1.29 is 5.11 Å². The summed E-state index contributed by atoms with van der Waals surface area (Å²) in [5, 5.41) is 11.9. The zero-order chi connectivity index (χ0) is 11.3. The van der Waals surface area contributed by atoms with Gasteiger partial charge in [0, 0.05) is 25.6 Å². The number of aromatic amines is 1. The molecule has 1 rings (SSSR count). The van der Waals surface area contributed by atoms with Crippen molar-refractivity contribution in [2.75, 3.05) is 18.5 Å². The highest BCUT2D eigenvalue weighted by atomic mass is 16.3. The van der Waals surface area contributed by atoms with Crippen LogP contribution in [0.25, 0.3) is 0 Å². The average molecular weight is 211 g/mol. The van der Waals surface area contributed by atoms with Gasteiger partial charge in [-0.1, -0.05) is 13.8 Å². The number of hydrogen-bond donors (Lipinski definition) is 3. The number of anilines is 1. The molecule has 0 aliphatic heterocycles. The SMILES string of the molecule is CCc1nc(NCC(C)CO)cc(=O)[nH]1. The second kappa shape index (κ2) is 5.50. The lowest BCUT2D eigenvalue weighted by atomic mass is 10.2. The quantitative estimate of drug-likeness (QED) is 0.657. The van der Waals surface area contributed by atoms with Crippen molar-refractivity contribution in [3.63, 3.8) is 0 Å². The standard InChI is InChI=1S/C10H17N3O2/c1-3-8-12-9(4-10(15)13-8)11-5-7(2)6-14/h4,7,14H,3,5-6H2,1-2H3,(H2,11,12,13,15). The molecule has 0 amide bonds. The van der Waals surface area contributed by atoms with Crippen molar-refractivity contribution in [2.45, 2.75) is 20.3 Å². The highest BCUT2D eigenvalue weighted by Crippen LogP contribution is 2.01. The minimum absolute atomic E-state index is 0.122. The first-order chi connectivity index (χ1) is 7.15. The summed E-state index contributed by atoms with van der Waals surface area (Å²) in [6.45, 7) is 4.58. The van der Waals surface area contributed by atoms with E-state index in [1.54, 1.807) is 0 Å². The van der Waals surface area contributed by atoms with Crippen molar-refractivity contribution in [1.29, 1.82) is 0 Å². The molecule has 0 saturated heterocycles. The Morgan fingerprint density at radius 3 is 3.00 bits per heavy atom. The molecule has 84 valence electrons. The third-order valence-corrected chi connectivity index (χ3v) is 2.07. The number of aryl methyl sites for hydroxylation is 1. The Balaban J connectivity index is 2.68. The van der Waals surface area contributed by atoms with Gasteiger partial charge in [0.1, 0.15) is 11.6 Å². The monoisotopic (exact) mass is 211 g/mol. The Bertz CT molecular complexity index is 362. The van der Waals surface area contributed by atoms with Crippen LogP contribution in [0, 0.1) is 5.92 Å². The second-order valence-electron chi connectivity index (χ2n) is 3.60. The van der Waals surface area contributed by atoms with Gasteiger partial charge in [-0.15, -0.1) is 0 Å². The molecule has 0 spiro atoms. The summed E-state index contributed by atoms with van der Waals surface area (Å²) < 4.78 is 0. The third-order valence-electron chi connectivity index (χ3n) is 2.07. The smallest absolute Gasteiger partial charge is 0.252 e. The van der Waals surface area contributed by atoms with Gasteiger partial charge in [0.2, 0.25) is 0 Å². The fraction of sp³-hybridized carbons (Fsp3) is 0.600. The van der Waals surface area contributed by atoms with Gasteiger partial charge in [-0.05, 0) is 5.92 Å². The number of hydrogen-bond acceptors (Lipinski definition) is 4. The summed E-state index contributed by atoms with van der Waals surface area (Å²) in [5.41, 5.74) is -0.152. The van der Waals surface area contributed by atoms with Crippen LogP contribution in [0.1, 0.15) is 19.7 Å². The molecular formula is C10H17N3O2. The molecule has 0 fully saturated rings. The number of nitrogens with zero attached hydrogens (tertiary/aromatic N) is 1. The number of aromatic nitrogens is 2. The lowest BCUT2D eigenvalue weighted by Gasteiger charge is -2.10. The molecule has 0 radical (unpaired) electrons. The van der Waals surface area contributed by atoms with E-state index in [4.69, 9.17) is 5.11 Å². The van der Waals surface area contributed by atoms with E-state index in [9.17, 15) is 4.79 Å². The first-order valence-corrected chi connectivity index (χ1v) is 5.10. The molecule has 1 aromatic rings. The first-order valence-electron chi connectivity index (χ1n) is 5.10. The number of rotatable bonds is 5.